The summed E-state index contributed by atoms with van der Waals surface area (Å²) in [4.78, 5) is 0. The van der Waals surface area contributed by atoms with Crippen LogP contribution in [-0.2, 0) is 4.74 Å². The SMILES string of the molecule is C[N+]1(CCCNC(=S)NCCCCCCO)CCOCC1. The minimum absolute atomic E-state index is 0.303. The number of hydrogen-bond acceptors (Lipinski definition) is 3. The van der Waals surface area contributed by atoms with Crippen LogP contribution >= 0.6 is 12.2 Å². The minimum atomic E-state index is 0.303. The maximum atomic E-state index is 8.69. The number of morpholine rings is 1. The number of nitrogens with zero attached hydrogens (tertiary/aromatic N) is 1. The Kier molecular flexibility index (Phi) is 9.91. The standard InChI is InChI=1S/C15H31N3O2S/c1-18(10-13-20-14-11-18)9-6-8-17-15(21)16-7-4-2-3-5-12-19/h19H,2-14H2,1H3,(H-,16,17,21)/p+1. The summed E-state index contributed by atoms with van der Waals surface area (Å²) in [7, 11) is 2.31. The zero-order valence-corrected chi connectivity index (χ0v) is 14.2. The monoisotopic (exact) mass is 318 g/mol. The molecule has 1 rings (SSSR count). The molecule has 1 aliphatic rings. The summed E-state index contributed by atoms with van der Waals surface area (Å²) in [5, 5.41) is 16.0. The molecule has 5 nitrogen and oxygen atoms in total. The van der Waals surface area contributed by atoms with Gasteiger partial charge in [0.15, 0.2) is 5.11 Å². The predicted octanol–water partition coefficient (Wildman–Crippen LogP) is 0.870. The average molecular weight is 319 g/mol. The Morgan fingerprint density at radius 3 is 2.33 bits per heavy atom. The zero-order chi connectivity index (χ0) is 15.4. The second-order valence-corrected chi connectivity index (χ2v) is 6.48. The van der Waals surface area contributed by atoms with E-state index in [1.54, 1.807) is 0 Å². The van der Waals surface area contributed by atoms with Gasteiger partial charge in [-0.25, -0.2) is 0 Å². The number of likely N-dealkylation sites (N-methyl/N-ethyl adjacent to an activating group) is 1. The molecule has 21 heavy (non-hydrogen) atoms. The fraction of sp³-hybridized carbons (Fsp3) is 0.933. The van der Waals surface area contributed by atoms with E-state index in [-0.39, 0.29) is 0 Å². The highest BCUT2D eigenvalue weighted by atomic mass is 32.1. The van der Waals surface area contributed by atoms with Gasteiger partial charge in [-0.05, 0) is 25.1 Å². The van der Waals surface area contributed by atoms with Gasteiger partial charge in [0.1, 0.15) is 13.1 Å². The van der Waals surface area contributed by atoms with Crippen molar-refractivity contribution in [2.45, 2.75) is 32.1 Å². The van der Waals surface area contributed by atoms with Gasteiger partial charge >= 0.3 is 0 Å². The van der Waals surface area contributed by atoms with Crippen molar-refractivity contribution in [3.8, 4) is 0 Å². The summed E-state index contributed by atoms with van der Waals surface area (Å²) >= 11 is 5.27. The Labute approximate surface area is 134 Å². The van der Waals surface area contributed by atoms with Crippen molar-refractivity contribution in [2.24, 2.45) is 0 Å². The molecule has 0 aromatic heterocycles. The lowest BCUT2D eigenvalue weighted by Gasteiger charge is -2.37. The Hall–Kier alpha value is -0.430. The quantitative estimate of drug-likeness (QED) is 0.317. The first-order chi connectivity index (χ1) is 10.2. The van der Waals surface area contributed by atoms with E-state index in [4.69, 9.17) is 22.1 Å². The maximum Gasteiger partial charge on any atom is 0.166 e. The lowest BCUT2D eigenvalue weighted by Crippen LogP contribution is -2.53. The van der Waals surface area contributed by atoms with Crippen LogP contribution < -0.4 is 10.6 Å². The summed E-state index contributed by atoms with van der Waals surface area (Å²) < 4.78 is 6.53. The normalized spacial score (nSPS) is 17.4. The van der Waals surface area contributed by atoms with Crippen molar-refractivity contribution in [3.63, 3.8) is 0 Å². The molecule has 1 saturated heterocycles. The average Bonchev–Trinajstić information content (AvgIpc) is 2.48. The van der Waals surface area contributed by atoms with Crippen molar-refractivity contribution >= 4 is 17.3 Å². The molecule has 0 amide bonds. The molecule has 0 aliphatic carbocycles. The van der Waals surface area contributed by atoms with Gasteiger partial charge in [0.2, 0.25) is 0 Å². The van der Waals surface area contributed by atoms with Gasteiger partial charge in [-0.2, -0.15) is 0 Å². The van der Waals surface area contributed by atoms with E-state index >= 15 is 0 Å². The molecule has 0 aromatic rings. The molecule has 6 heteroatoms. The fourth-order valence-corrected chi connectivity index (χ4v) is 2.73. The number of ether oxygens (including phenoxy) is 1. The van der Waals surface area contributed by atoms with Crippen LogP contribution in [0.15, 0.2) is 0 Å². The minimum Gasteiger partial charge on any atom is -0.396 e. The van der Waals surface area contributed by atoms with Crippen molar-refractivity contribution < 1.29 is 14.3 Å². The summed E-state index contributed by atoms with van der Waals surface area (Å²) in [5.74, 6) is 0. The van der Waals surface area contributed by atoms with Crippen molar-refractivity contribution in [2.75, 3.05) is 59.6 Å². The van der Waals surface area contributed by atoms with Crippen LogP contribution in [0.2, 0.25) is 0 Å². The Balaban J connectivity index is 1.93. The smallest absolute Gasteiger partial charge is 0.166 e. The Bertz CT molecular complexity index is 284. The molecule has 0 atom stereocenters. The number of aliphatic hydroxyl groups is 1. The van der Waals surface area contributed by atoms with Crippen molar-refractivity contribution in [1.82, 2.24) is 10.6 Å². The molecular weight excluding hydrogens is 286 g/mol. The molecule has 0 radical (unpaired) electrons. The van der Waals surface area contributed by atoms with E-state index in [9.17, 15) is 0 Å². The summed E-state index contributed by atoms with van der Waals surface area (Å²) in [6.45, 7) is 7.36. The van der Waals surface area contributed by atoms with E-state index in [2.05, 4.69) is 17.7 Å². The second-order valence-electron chi connectivity index (χ2n) is 6.08. The van der Waals surface area contributed by atoms with Crippen LogP contribution in [-0.4, -0.2) is 74.3 Å². The third kappa shape index (κ3) is 9.24. The van der Waals surface area contributed by atoms with E-state index < -0.39 is 0 Å². The first-order valence-electron chi connectivity index (χ1n) is 8.20. The lowest BCUT2D eigenvalue weighted by molar-refractivity contribution is -0.916. The first-order valence-corrected chi connectivity index (χ1v) is 8.61. The van der Waals surface area contributed by atoms with E-state index in [0.29, 0.717) is 6.61 Å². The third-order valence-corrected chi connectivity index (χ3v) is 4.37. The van der Waals surface area contributed by atoms with Gasteiger partial charge in [-0.3, -0.25) is 0 Å². The highest BCUT2D eigenvalue weighted by molar-refractivity contribution is 7.80. The van der Waals surface area contributed by atoms with Gasteiger partial charge < -0.3 is 25.0 Å². The number of hydrogen-bond donors (Lipinski definition) is 3. The van der Waals surface area contributed by atoms with Crippen LogP contribution in [0.5, 0.6) is 0 Å². The molecular formula is C15H32N3O2S+. The Morgan fingerprint density at radius 2 is 1.67 bits per heavy atom. The molecule has 3 N–H and O–H groups in total. The molecule has 1 aliphatic heterocycles. The van der Waals surface area contributed by atoms with Gasteiger partial charge in [0, 0.05) is 26.1 Å². The van der Waals surface area contributed by atoms with Gasteiger partial charge in [0.25, 0.3) is 0 Å². The molecule has 1 fully saturated rings. The number of quaternary nitrogens is 1. The van der Waals surface area contributed by atoms with Crippen LogP contribution in [0.3, 0.4) is 0 Å². The van der Waals surface area contributed by atoms with Crippen LogP contribution in [0.1, 0.15) is 32.1 Å². The first kappa shape index (κ1) is 18.6. The van der Waals surface area contributed by atoms with Gasteiger partial charge in [-0.15, -0.1) is 0 Å². The molecule has 0 unspecified atom stereocenters. The van der Waals surface area contributed by atoms with Crippen LogP contribution in [0, 0.1) is 0 Å². The van der Waals surface area contributed by atoms with Gasteiger partial charge in [0.05, 0.1) is 26.8 Å². The highest BCUT2D eigenvalue weighted by Crippen LogP contribution is 2.07. The molecule has 124 valence electrons. The summed E-state index contributed by atoms with van der Waals surface area (Å²) in [5.41, 5.74) is 0. The largest absolute Gasteiger partial charge is 0.396 e. The number of nitrogens with one attached hydrogen (secondary N) is 2. The van der Waals surface area contributed by atoms with E-state index in [1.807, 2.05) is 0 Å². The third-order valence-electron chi connectivity index (χ3n) is 4.08. The summed E-state index contributed by atoms with van der Waals surface area (Å²) in [6.07, 6.45) is 5.39. The molecule has 0 saturated carbocycles. The van der Waals surface area contributed by atoms with Crippen LogP contribution in [0.25, 0.3) is 0 Å². The molecule has 0 bridgehead atoms. The second kappa shape index (κ2) is 11.2. The number of rotatable bonds is 10. The zero-order valence-electron chi connectivity index (χ0n) is 13.4. The van der Waals surface area contributed by atoms with Crippen molar-refractivity contribution in [1.29, 1.82) is 0 Å². The number of unbranched alkanes of at least 4 members (excludes halogenated alkanes) is 3. The van der Waals surface area contributed by atoms with Gasteiger partial charge in [-0.1, -0.05) is 12.8 Å². The van der Waals surface area contributed by atoms with E-state index in [1.165, 1.54) is 6.54 Å². The maximum absolute atomic E-state index is 8.69. The predicted molar refractivity (Wildman–Crippen MR) is 90.4 cm³/mol. The topological polar surface area (TPSA) is 53.5 Å². The summed E-state index contributed by atoms with van der Waals surface area (Å²) in [6, 6.07) is 0. The van der Waals surface area contributed by atoms with Crippen molar-refractivity contribution in [3.05, 3.63) is 0 Å². The number of aliphatic hydroxyl groups excluding tert-OH is 1. The number of thiocarbonyl (C=S) groups is 1. The molecule has 0 spiro atoms. The lowest BCUT2D eigenvalue weighted by atomic mass is 10.2. The molecule has 0 aromatic carbocycles. The molecule has 1 heterocycles. The Morgan fingerprint density at radius 1 is 1.05 bits per heavy atom. The van der Waals surface area contributed by atoms with E-state index in [0.717, 1.165) is 81.1 Å². The van der Waals surface area contributed by atoms with Crippen LogP contribution in [0.4, 0.5) is 0 Å². The highest BCUT2D eigenvalue weighted by Gasteiger charge is 2.24. The fourth-order valence-electron chi connectivity index (χ4n) is 2.52.